The van der Waals surface area contributed by atoms with E-state index in [4.69, 9.17) is 23.2 Å². The first-order chi connectivity index (χ1) is 12.7. The molecule has 0 radical (unpaired) electrons. The largest absolute Gasteiger partial charge is 0.334 e. The van der Waals surface area contributed by atoms with Crippen molar-refractivity contribution in [3.05, 3.63) is 45.5 Å². The Hall–Kier alpha value is -1.30. The molecule has 1 aromatic rings. The topological polar surface area (TPSA) is 49.7 Å². The summed E-state index contributed by atoms with van der Waals surface area (Å²) in [5.41, 5.74) is 2.29. The van der Waals surface area contributed by atoms with Crippen molar-refractivity contribution < 1.29 is 9.00 Å². The van der Waals surface area contributed by atoms with Crippen LogP contribution >= 0.6 is 23.2 Å². The Kier molecular flexibility index (Phi) is 6.34. The average molecular weight is 427 g/mol. The minimum atomic E-state index is -1.93. The Morgan fingerprint density at radius 1 is 1.37 bits per heavy atom. The molecular formula is C20H24Cl2N2O2S. The van der Waals surface area contributed by atoms with E-state index in [0.29, 0.717) is 52.7 Å². The van der Waals surface area contributed by atoms with E-state index < -0.39 is 9.52 Å². The fourth-order valence-electron chi connectivity index (χ4n) is 3.56. The van der Waals surface area contributed by atoms with E-state index in [-0.39, 0.29) is 5.91 Å². The Bertz CT molecular complexity index is 886. The molecular weight excluding hydrogens is 403 g/mol. The molecule has 1 amide bonds. The summed E-state index contributed by atoms with van der Waals surface area (Å²) in [6.07, 6.45) is 3.54. The zero-order valence-electron chi connectivity index (χ0n) is 15.4. The van der Waals surface area contributed by atoms with E-state index in [9.17, 15) is 9.00 Å². The number of carbonyl (C=O) groups is 1. The Labute approximate surface area is 171 Å². The van der Waals surface area contributed by atoms with Gasteiger partial charge in [0.25, 0.3) is 5.91 Å². The molecule has 2 atom stereocenters. The van der Waals surface area contributed by atoms with Crippen LogP contribution in [0.4, 0.5) is 0 Å². The number of halogens is 2. The molecule has 2 aliphatic rings. The summed E-state index contributed by atoms with van der Waals surface area (Å²) in [4.78, 5) is 19.2. The van der Waals surface area contributed by atoms with Gasteiger partial charge in [0.15, 0.2) is 0 Å². The van der Waals surface area contributed by atoms with Gasteiger partial charge in [-0.25, -0.2) is 0 Å². The molecule has 1 aromatic carbocycles. The van der Waals surface area contributed by atoms with Crippen LogP contribution < -0.4 is 0 Å². The maximum atomic E-state index is 13.1. The van der Waals surface area contributed by atoms with Crippen LogP contribution in [0.15, 0.2) is 34.8 Å². The van der Waals surface area contributed by atoms with Crippen molar-refractivity contribution in [1.82, 2.24) is 4.90 Å². The molecule has 4 nitrogen and oxygen atoms in total. The highest BCUT2D eigenvalue weighted by Crippen LogP contribution is 2.28. The van der Waals surface area contributed by atoms with Gasteiger partial charge in [-0.15, -0.1) is 0 Å². The Morgan fingerprint density at radius 2 is 2.07 bits per heavy atom. The van der Waals surface area contributed by atoms with E-state index in [1.807, 2.05) is 13.0 Å². The van der Waals surface area contributed by atoms with Crippen LogP contribution in [0, 0.1) is 5.92 Å². The van der Waals surface area contributed by atoms with Gasteiger partial charge < -0.3 is 4.90 Å². The third-order valence-electron chi connectivity index (χ3n) is 5.10. The van der Waals surface area contributed by atoms with Crippen LogP contribution in [-0.2, 0) is 20.9 Å². The van der Waals surface area contributed by atoms with Gasteiger partial charge in [-0.2, -0.15) is 0 Å². The summed E-state index contributed by atoms with van der Waals surface area (Å²) in [5.74, 6) is 5.45. The summed E-state index contributed by atoms with van der Waals surface area (Å²) in [6, 6.07) is 5.35. The summed E-state index contributed by atoms with van der Waals surface area (Å²) >= 11 is 12.6. The highest BCUT2D eigenvalue weighted by molar-refractivity contribution is 8.00. The van der Waals surface area contributed by atoms with Gasteiger partial charge in [0.05, 0.1) is 6.54 Å². The van der Waals surface area contributed by atoms with Crippen LogP contribution in [0.2, 0.25) is 10.0 Å². The SMILES string of the molecule is C=S1(=O)CCC(CCN(Cc2c(Cl)cccc2Cl)C(=O)C2=CC(C)=NC2)C1. The molecule has 0 bridgehead atoms. The minimum absolute atomic E-state index is 0.0417. The number of hydrogen-bond acceptors (Lipinski definition) is 3. The van der Waals surface area contributed by atoms with Gasteiger partial charge in [-0.1, -0.05) is 29.3 Å². The molecule has 0 aliphatic carbocycles. The van der Waals surface area contributed by atoms with E-state index in [2.05, 4.69) is 10.9 Å². The zero-order chi connectivity index (χ0) is 19.6. The van der Waals surface area contributed by atoms with E-state index >= 15 is 0 Å². The quantitative estimate of drug-likeness (QED) is 0.648. The molecule has 0 saturated carbocycles. The standard InChI is InChI=1S/C20H24Cl2N2O2S/c1-14-10-16(11-23-14)20(25)24(8-6-15-7-9-27(2,26)13-15)12-17-18(21)4-3-5-19(17)22/h3-5,10,15H,2,6-9,11-13H2,1H3. The van der Waals surface area contributed by atoms with Crippen LogP contribution in [0.5, 0.6) is 0 Å². The maximum Gasteiger partial charge on any atom is 0.252 e. The predicted octanol–water partition coefficient (Wildman–Crippen LogP) is 3.85. The normalized spacial score (nSPS) is 24.6. The second kappa shape index (κ2) is 8.38. The summed E-state index contributed by atoms with van der Waals surface area (Å²) in [7, 11) is -1.93. The first-order valence-electron chi connectivity index (χ1n) is 9.01. The summed E-state index contributed by atoms with van der Waals surface area (Å²) < 4.78 is 12.1. The zero-order valence-corrected chi connectivity index (χ0v) is 17.7. The highest BCUT2D eigenvalue weighted by atomic mass is 35.5. The number of aliphatic imine (C=N–C) groups is 1. The van der Waals surface area contributed by atoms with Crippen molar-refractivity contribution in [2.24, 2.45) is 10.9 Å². The monoisotopic (exact) mass is 426 g/mol. The van der Waals surface area contributed by atoms with Crippen molar-refractivity contribution in [3.8, 4) is 0 Å². The number of hydrogen-bond donors (Lipinski definition) is 0. The summed E-state index contributed by atoms with van der Waals surface area (Å²) in [6.45, 7) is 3.21. The first-order valence-corrected chi connectivity index (χ1v) is 11.8. The minimum Gasteiger partial charge on any atom is -0.334 e. The van der Waals surface area contributed by atoms with Gasteiger partial charge in [0.1, 0.15) is 0 Å². The average Bonchev–Trinajstić information content (AvgIpc) is 3.18. The van der Waals surface area contributed by atoms with Gasteiger partial charge in [0.2, 0.25) is 0 Å². The lowest BCUT2D eigenvalue weighted by atomic mass is 10.0. The van der Waals surface area contributed by atoms with Crippen molar-refractivity contribution >= 4 is 50.2 Å². The molecule has 2 aliphatic heterocycles. The van der Waals surface area contributed by atoms with Crippen molar-refractivity contribution in [2.75, 3.05) is 24.6 Å². The molecule has 2 heterocycles. The number of allylic oxidation sites excluding steroid dienone is 1. The predicted molar refractivity (Wildman–Crippen MR) is 116 cm³/mol. The molecule has 1 saturated heterocycles. The molecule has 0 aromatic heterocycles. The lowest BCUT2D eigenvalue weighted by molar-refractivity contribution is -0.127. The fraction of sp³-hybridized carbons (Fsp3) is 0.450. The number of amides is 1. The van der Waals surface area contributed by atoms with E-state index in [1.54, 1.807) is 23.1 Å². The fourth-order valence-corrected chi connectivity index (χ4v) is 6.20. The third kappa shape index (κ3) is 5.15. The maximum absolute atomic E-state index is 13.1. The molecule has 2 unspecified atom stereocenters. The Balaban J connectivity index is 1.76. The first kappa shape index (κ1) is 20.4. The molecule has 7 heteroatoms. The van der Waals surface area contributed by atoms with Crippen LogP contribution in [0.25, 0.3) is 0 Å². The number of rotatable bonds is 6. The second-order valence-corrected chi connectivity index (χ2v) is 10.8. The number of nitrogens with zero attached hydrogens (tertiary/aromatic N) is 2. The molecule has 0 N–H and O–H groups in total. The van der Waals surface area contributed by atoms with Gasteiger partial charge >= 0.3 is 0 Å². The van der Waals surface area contributed by atoms with Crippen LogP contribution in [0.1, 0.15) is 25.3 Å². The number of carbonyl (C=O) groups excluding carboxylic acids is 1. The third-order valence-corrected chi connectivity index (χ3v) is 7.87. The molecule has 146 valence electrons. The second-order valence-electron chi connectivity index (χ2n) is 7.33. The Morgan fingerprint density at radius 3 is 2.63 bits per heavy atom. The van der Waals surface area contributed by atoms with Crippen molar-refractivity contribution in [1.29, 1.82) is 0 Å². The van der Waals surface area contributed by atoms with Crippen molar-refractivity contribution in [2.45, 2.75) is 26.3 Å². The highest BCUT2D eigenvalue weighted by Gasteiger charge is 2.27. The lowest BCUT2D eigenvalue weighted by Crippen LogP contribution is -2.34. The molecule has 27 heavy (non-hydrogen) atoms. The van der Waals surface area contributed by atoms with Gasteiger partial charge in [-0.3, -0.25) is 14.0 Å². The molecule has 0 spiro atoms. The van der Waals surface area contributed by atoms with E-state index in [1.165, 1.54) is 0 Å². The van der Waals surface area contributed by atoms with Crippen molar-refractivity contribution in [3.63, 3.8) is 0 Å². The lowest BCUT2D eigenvalue weighted by Gasteiger charge is -2.25. The van der Waals surface area contributed by atoms with Crippen LogP contribution in [0.3, 0.4) is 0 Å². The van der Waals surface area contributed by atoms with Gasteiger partial charge in [0, 0.05) is 51.5 Å². The number of benzene rings is 1. The summed E-state index contributed by atoms with van der Waals surface area (Å²) in [5, 5.41) is 1.10. The smallest absolute Gasteiger partial charge is 0.252 e. The van der Waals surface area contributed by atoms with Crippen LogP contribution in [-0.4, -0.2) is 51.2 Å². The molecule has 3 rings (SSSR count). The van der Waals surface area contributed by atoms with Gasteiger partial charge in [-0.05, 0) is 59.3 Å². The molecule has 1 fully saturated rings. The van der Waals surface area contributed by atoms with E-state index in [0.717, 1.165) is 24.1 Å².